The molecule has 3 N–H and O–H groups in total. The molecule has 3 atom stereocenters. The molecule has 0 radical (unpaired) electrons. The van der Waals surface area contributed by atoms with Crippen LogP contribution in [-0.2, 0) is 16.1 Å². The summed E-state index contributed by atoms with van der Waals surface area (Å²) in [6.07, 6.45) is -0.660. The molecule has 0 fully saturated rings. The van der Waals surface area contributed by atoms with Crippen molar-refractivity contribution < 1.29 is 32.8 Å². The molecule has 0 spiro atoms. The van der Waals surface area contributed by atoms with E-state index in [1.54, 1.807) is 7.11 Å². The number of halogens is 2. The number of ether oxygens (including phenoxy) is 4. The van der Waals surface area contributed by atoms with Crippen molar-refractivity contribution in [1.82, 2.24) is 0 Å². The zero-order chi connectivity index (χ0) is 21.2. The van der Waals surface area contributed by atoms with E-state index in [9.17, 15) is 13.9 Å². The summed E-state index contributed by atoms with van der Waals surface area (Å²) >= 11 is 0. The fourth-order valence-corrected chi connectivity index (χ4v) is 2.71. The SMILES string of the molecule is COc1ccc(COC(CC(CO)OC)[C@@H](N)COc2cc(F)cc(F)c2)cc1. The number of aliphatic hydroxyl groups excluding tert-OH is 1. The van der Waals surface area contributed by atoms with Gasteiger partial charge in [0.05, 0.1) is 38.6 Å². The van der Waals surface area contributed by atoms with Crippen molar-refractivity contribution in [2.75, 3.05) is 27.4 Å². The van der Waals surface area contributed by atoms with Crippen LogP contribution < -0.4 is 15.2 Å². The highest BCUT2D eigenvalue weighted by Gasteiger charge is 2.24. The minimum absolute atomic E-state index is 0.0297. The van der Waals surface area contributed by atoms with Gasteiger partial charge in [0.2, 0.25) is 0 Å². The average Bonchev–Trinajstić information content (AvgIpc) is 2.72. The maximum absolute atomic E-state index is 13.3. The summed E-state index contributed by atoms with van der Waals surface area (Å²) in [5.41, 5.74) is 7.13. The van der Waals surface area contributed by atoms with Crippen LogP contribution in [0, 0.1) is 11.6 Å². The van der Waals surface area contributed by atoms with Crippen LogP contribution in [0.3, 0.4) is 0 Å². The first-order chi connectivity index (χ1) is 13.9. The second-order valence-electron chi connectivity index (χ2n) is 6.55. The predicted molar refractivity (Wildman–Crippen MR) is 104 cm³/mol. The molecule has 29 heavy (non-hydrogen) atoms. The van der Waals surface area contributed by atoms with Crippen molar-refractivity contribution in [3.8, 4) is 11.5 Å². The Kier molecular flexibility index (Phi) is 9.27. The van der Waals surface area contributed by atoms with Gasteiger partial charge in [-0.15, -0.1) is 0 Å². The standard InChI is InChI=1S/C21H27F2NO5/c1-26-17-5-3-14(4-6-17)12-29-21(10-19(11-25)27-2)20(24)13-28-18-8-15(22)7-16(23)9-18/h3-9,19-21,25H,10-13,24H2,1-2H3/t19?,20-,21?/m0/s1. The Labute approximate surface area is 169 Å². The Morgan fingerprint density at radius 2 is 1.66 bits per heavy atom. The molecule has 0 aromatic heterocycles. The normalized spacial score (nSPS) is 14.3. The molecule has 0 aliphatic carbocycles. The van der Waals surface area contributed by atoms with Crippen molar-refractivity contribution in [3.05, 3.63) is 59.7 Å². The fraction of sp³-hybridized carbons (Fsp3) is 0.429. The second kappa shape index (κ2) is 11.7. The second-order valence-corrected chi connectivity index (χ2v) is 6.55. The topological polar surface area (TPSA) is 83.2 Å². The van der Waals surface area contributed by atoms with E-state index in [2.05, 4.69) is 0 Å². The zero-order valence-electron chi connectivity index (χ0n) is 16.5. The minimum atomic E-state index is -0.736. The largest absolute Gasteiger partial charge is 0.497 e. The number of hydrogen-bond donors (Lipinski definition) is 2. The summed E-state index contributed by atoms with van der Waals surface area (Å²) in [6.45, 7) is 0.0540. The monoisotopic (exact) mass is 411 g/mol. The van der Waals surface area contributed by atoms with Gasteiger partial charge in [0, 0.05) is 31.7 Å². The summed E-state index contributed by atoms with van der Waals surface area (Å²) in [4.78, 5) is 0. The predicted octanol–water partition coefficient (Wildman–Crippen LogP) is 2.66. The Morgan fingerprint density at radius 1 is 1.00 bits per heavy atom. The highest BCUT2D eigenvalue weighted by molar-refractivity contribution is 5.26. The third-order valence-corrected chi connectivity index (χ3v) is 4.41. The summed E-state index contributed by atoms with van der Waals surface area (Å²) in [5.74, 6) is -0.698. The minimum Gasteiger partial charge on any atom is -0.497 e. The first-order valence-corrected chi connectivity index (χ1v) is 9.17. The van der Waals surface area contributed by atoms with Gasteiger partial charge in [-0.3, -0.25) is 0 Å². The molecular formula is C21H27F2NO5. The number of rotatable bonds is 12. The molecule has 2 unspecified atom stereocenters. The smallest absolute Gasteiger partial charge is 0.129 e. The van der Waals surface area contributed by atoms with Crippen LogP contribution >= 0.6 is 0 Å². The molecule has 0 aliphatic heterocycles. The molecular weight excluding hydrogens is 384 g/mol. The van der Waals surface area contributed by atoms with Crippen LogP contribution in [-0.4, -0.2) is 50.8 Å². The van der Waals surface area contributed by atoms with Crippen molar-refractivity contribution in [2.24, 2.45) is 5.73 Å². The van der Waals surface area contributed by atoms with E-state index in [-0.39, 0.29) is 25.6 Å². The van der Waals surface area contributed by atoms with Crippen LogP contribution in [0.4, 0.5) is 8.78 Å². The number of methoxy groups -OCH3 is 2. The van der Waals surface area contributed by atoms with Crippen molar-refractivity contribution in [2.45, 2.75) is 31.3 Å². The van der Waals surface area contributed by atoms with Gasteiger partial charge in [-0.05, 0) is 17.7 Å². The molecule has 0 aliphatic rings. The zero-order valence-corrected chi connectivity index (χ0v) is 16.5. The van der Waals surface area contributed by atoms with Gasteiger partial charge in [0.25, 0.3) is 0 Å². The summed E-state index contributed by atoms with van der Waals surface area (Å²) < 4.78 is 48.3. The maximum Gasteiger partial charge on any atom is 0.129 e. The van der Waals surface area contributed by atoms with E-state index < -0.39 is 29.9 Å². The Balaban J connectivity index is 2.00. The van der Waals surface area contributed by atoms with E-state index in [1.165, 1.54) is 7.11 Å². The number of benzene rings is 2. The lowest BCUT2D eigenvalue weighted by atomic mass is 10.1. The molecule has 0 heterocycles. The highest BCUT2D eigenvalue weighted by Crippen LogP contribution is 2.18. The number of aliphatic hydroxyl groups is 1. The molecule has 0 saturated carbocycles. The van der Waals surface area contributed by atoms with Crippen molar-refractivity contribution in [1.29, 1.82) is 0 Å². The third-order valence-electron chi connectivity index (χ3n) is 4.41. The first-order valence-electron chi connectivity index (χ1n) is 9.17. The molecule has 0 bridgehead atoms. The van der Waals surface area contributed by atoms with E-state index in [1.807, 2.05) is 24.3 Å². The van der Waals surface area contributed by atoms with Gasteiger partial charge in [-0.25, -0.2) is 8.78 Å². The molecule has 160 valence electrons. The maximum atomic E-state index is 13.3. The first kappa shape index (κ1) is 23.0. The van der Waals surface area contributed by atoms with Crippen molar-refractivity contribution in [3.63, 3.8) is 0 Å². The van der Waals surface area contributed by atoms with Gasteiger partial charge in [-0.2, -0.15) is 0 Å². The van der Waals surface area contributed by atoms with E-state index in [4.69, 9.17) is 24.7 Å². The molecule has 2 rings (SSSR count). The van der Waals surface area contributed by atoms with E-state index in [0.717, 1.165) is 29.5 Å². The van der Waals surface area contributed by atoms with Gasteiger partial charge >= 0.3 is 0 Å². The summed E-state index contributed by atoms with van der Waals surface area (Å²) in [5, 5.41) is 9.42. The Morgan fingerprint density at radius 3 is 2.21 bits per heavy atom. The fourth-order valence-electron chi connectivity index (χ4n) is 2.71. The Bertz CT molecular complexity index is 720. The number of hydrogen-bond acceptors (Lipinski definition) is 6. The van der Waals surface area contributed by atoms with Gasteiger partial charge in [0.15, 0.2) is 0 Å². The van der Waals surface area contributed by atoms with Crippen LogP contribution in [0.25, 0.3) is 0 Å². The Hall–Kier alpha value is -2.26. The third kappa shape index (κ3) is 7.58. The van der Waals surface area contributed by atoms with Crippen molar-refractivity contribution >= 4 is 0 Å². The van der Waals surface area contributed by atoms with Crippen LogP contribution in [0.2, 0.25) is 0 Å². The molecule has 2 aromatic rings. The lowest BCUT2D eigenvalue weighted by Crippen LogP contribution is -2.44. The molecule has 6 nitrogen and oxygen atoms in total. The lowest BCUT2D eigenvalue weighted by Gasteiger charge is -2.27. The lowest BCUT2D eigenvalue weighted by molar-refractivity contribution is -0.0409. The summed E-state index contributed by atoms with van der Waals surface area (Å²) in [7, 11) is 3.07. The van der Waals surface area contributed by atoms with Gasteiger partial charge < -0.3 is 29.8 Å². The molecule has 2 aromatic carbocycles. The quantitative estimate of drug-likeness (QED) is 0.559. The van der Waals surface area contributed by atoms with Crippen LogP contribution in [0.15, 0.2) is 42.5 Å². The molecule has 0 saturated heterocycles. The van der Waals surface area contributed by atoms with E-state index in [0.29, 0.717) is 6.42 Å². The number of nitrogens with two attached hydrogens (primary N) is 1. The summed E-state index contributed by atoms with van der Waals surface area (Å²) in [6, 6.07) is 9.67. The van der Waals surface area contributed by atoms with Crippen LogP contribution in [0.1, 0.15) is 12.0 Å². The average molecular weight is 411 g/mol. The van der Waals surface area contributed by atoms with Gasteiger partial charge in [0.1, 0.15) is 29.7 Å². The highest BCUT2D eigenvalue weighted by atomic mass is 19.1. The van der Waals surface area contributed by atoms with Crippen LogP contribution in [0.5, 0.6) is 11.5 Å². The molecule has 8 heteroatoms. The van der Waals surface area contributed by atoms with E-state index >= 15 is 0 Å². The molecule has 0 amide bonds. The van der Waals surface area contributed by atoms with Gasteiger partial charge in [-0.1, -0.05) is 12.1 Å².